The molecule has 3 saturated carbocycles. The molecule has 1 saturated heterocycles. The van der Waals surface area contributed by atoms with Crippen LogP contribution in [-0.2, 0) is 39.8 Å². The molecular formula is C40H46F7N5O10S. The van der Waals surface area contributed by atoms with E-state index in [1.165, 1.54) is 6.92 Å². The van der Waals surface area contributed by atoms with Gasteiger partial charge in [-0.2, -0.15) is 8.78 Å². The highest BCUT2D eigenvalue weighted by molar-refractivity contribution is 7.90. The summed E-state index contributed by atoms with van der Waals surface area (Å²) in [6, 6.07) is -0.464. The van der Waals surface area contributed by atoms with E-state index in [1.54, 1.807) is 20.8 Å². The number of Topliss-reactive ketones (excluding diaryl/α,β-unsaturated/α-hetero) is 1. The summed E-state index contributed by atoms with van der Waals surface area (Å²) in [6.07, 6.45) is -9.84. The van der Waals surface area contributed by atoms with Crippen LogP contribution in [0.1, 0.15) is 84.8 Å². The number of hydrogen-bond acceptors (Lipinski definition) is 12. The monoisotopic (exact) mass is 921 g/mol. The molecule has 7 atom stereocenters. The minimum atomic E-state index is -5.13. The van der Waals surface area contributed by atoms with Crippen molar-refractivity contribution in [1.29, 1.82) is 0 Å². The van der Waals surface area contributed by atoms with Crippen LogP contribution in [0, 0.1) is 16.7 Å². The maximum atomic E-state index is 16.3. The van der Waals surface area contributed by atoms with Crippen molar-refractivity contribution in [3.63, 3.8) is 0 Å². The molecule has 4 fully saturated rings. The molecule has 2 aliphatic heterocycles. The van der Waals surface area contributed by atoms with E-state index < -0.39 is 160 Å². The molecular weight excluding hydrogens is 876 g/mol. The number of allylic oxidation sites excluding steroid dienone is 1. The molecule has 63 heavy (non-hydrogen) atoms. The molecule has 0 unspecified atom stereocenters. The molecule has 2 N–H and O–H groups in total. The lowest BCUT2D eigenvalue weighted by molar-refractivity contribution is -0.274. The number of amides is 3. The lowest BCUT2D eigenvalue weighted by Crippen LogP contribution is -2.57. The second kappa shape index (κ2) is 16.3. The first-order chi connectivity index (χ1) is 29.2. The van der Waals surface area contributed by atoms with E-state index in [1.807, 2.05) is 4.72 Å². The number of ether oxygens (including phenoxy) is 4. The molecule has 3 aliphatic carbocycles. The summed E-state index contributed by atoms with van der Waals surface area (Å²) in [4.78, 5) is 65.4. The van der Waals surface area contributed by atoms with Crippen LogP contribution in [0.15, 0.2) is 30.4 Å². The molecule has 3 heterocycles. The van der Waals surface area contributed by atoms with E-state index >= 15 is 8.78 Å². The molecule has 2 bridgehead atoms. The van der Waals surface area contributed by atoms with E-state index in [0.29, 0.717) is 25.3 Å². The highest BCUT2D eigenvalue weighted by Gasteiger charge is 2.66. The average molecular weight is 922 g/mol. The van der Waals surface area contributed by atoms with Crippen molar-refractivity contribution < 1.29 is 77.3 Å². The van der Waals surface area contributed by atoms with Crippen LogP contribution < -0.4 is 19.5 Å². The number of carbonyl (C=O) groups is 4. The van der Waals surface area contributed by atoms with Gasteiger partial charge in [-0.1, -0.05) is 26.8 Å². The first-order valence-corrected chi connectivity index (χ1v) is 21.8. The van der Waals surface area contributed by atoms with Crippen LogP contribution in [0.3, 0.4) is 0 Å². The van der Waals surface area contributed by atoms with Crippen molar-refractivity contribution in [1.82, 2.24) is 24.9 Å². The normalized spacial score (nSPS) is 30.9. The number of nitrogens with zero attached hydrogens (tertiary/aromatic N) is 3. The van der Waals surface area contributed by atoms with E-state index in [4.69, 9.17) is 14.2 Å². The smallest absolute Gasteiger partial charge is 0.468 e. The summed E-state index contributed by atoms with van der Waals surface area (Å²) in [5.74, 6) is -10.6. The van der Waals surface area contributed by atoms with Gasteiger partial charge in [0.05, 0.1) is 47.0 Å². The highest BCUT2D eigenvalue weighted by Crippen LogP contribution is 2.59. The number of sulfonamides is 1. The second-order valence-corrected chi connectivity index (χ2v) is 20.1. The van der Waals surface area contributed by atoms with Gasteiger partial charge < -0.3 is 29.2 Å². The molecule has 2 aromatic rings. The van der Waals surface area contributed by atoms with Crippen LogP contribution in [0.25, 0.3) is 11.0 Å². The molecule has 0 radical (unpaired) electrons. The number of nitrogens with one attached hydrogen (secondary N) is 2. The Morgan fingerprint density at radius 3 is 2.37 bits per heavy atom. The van der Waals surface area contributed by atoms with Gasteiger partial charge in [-0.25, -0.2) is 32.0 Å². The number of fused-ring (bicyclic) bond motifs is 5. The van der Waals surface area contributed by atoms with Gasteiger partial charge in [-0.15, -0.1) is 13.2 Å². The Morgan fingerprint density at radius 2 is 1.73 bits per heavy atom. The van der Waals surface area contributed by atoms with Gasteiger partial charge in [-0.3, -0.25) is 19.1 Å². The van der Waals surface area contributed by atoms with Gasteiger partial charge in [-0.05, 0) is 69.1 Å². The zero-order valence-electron chi connectivity index (χ0n) is 34.5. The Kier molecular flexibility index (Phi) is 12.0. The zero-order chi connectivity index (χ0) is 46.1. The molecule has 346 valence electrons. The van der Waals surface area contributed by atoms with Crippen molar-refractivity contribution in [3.8, 4) is 11.6 Å². The van der Waals surface area contributed by atoms with Gasteiger partial charge in [0.25, 0.3) is 0 Å². The lowest BCUT2D eigenvalue weighted by atomic mass is 9.85. The number of alkyl carbamates (subject to hydrolysis) is 1. The summed E-state index contributed by atoms with van der Waals surface area (Å²) in [6.45, 7) is 5.13. The van der Waals surface area contributed by atoms with Gasteiger partial charge in [0.1, 0.15) is 23.5 Å². The van der Waals surface area contributed by atoms with Crippen molar-refractivity contribution >= 4 is 44.7 Å². The number of carbonyl (C=O) groups excluding carboxylic acids is 4. The van der Waals surface area contributed by atoms with Gasteiger partial charge in [0.2, 0.25) is 34.1 Å². The first-order valence-electron chi connectivity index (χ1n) is 20.3. The third kappa shape index (κ3) is 9.97. The number of alkyl halides is 7. The average Bonchev–Trinajstić information content (AvgIpc) is 4.07. The van der Waals surface area contributed by atoms with Gasteiger partial charge >= 0.3 is 18.4 Å². The van der Waals surface area contributed by atoms with Gasteiger partial charge in [0, 0.05) is 24.8 Å². The molecule has 0 spiro atoms. The minimum absolute atomic E-state index is 0.223. The molecule has 1 aromatic carbocycles. The third-order valence-electron chi connectivity index (χ3n) is 12.0. The summed E-state index contributed by atoms with van der Waals surface area (Å²) < 4.78 is 149. The van der Waals surface area contributed by atoms with Crippen molar-refractivity contribution in [2.24, 2.45) is 16.7 Å². The SMILES string of the molecule is CC(C)(C)[C@@H]1NC(=O)O[C@@H]2CCC[C@H]2OC/C=C/C(F)(F)c2nc3cc(OC(F)(F)F)ccc3nc2O[C@]2(C)C[C@@H](C(=O)C[C@]3(C(=O)NS(=O)(=O)C4CC4)C[C@H]3C(F)F)N(C2)C1=O. The van der Waals surface area contributed by atoms with E-state index in [2.05, 4.69) is 20.0 Å². The number of benzene rings is 1. The fourth-order valence-electron chi connectivity index (χ4n) is 8.49. The fraction of sp³-hybridized carbons (Fsp3) is 0.650. The Hall–Kier alpha value is -4.80. The molecule has 15 nitrogen and oxygen atoms in total. The maximum absolute atomic E-state index is 16.3. The zero-order valence-corrected chi connectivity index (χ0v) is 35.3. The van der Waals surface area contributed by atoms with Crippen LogP contribution >= 0.6 is 0 Å². The van der Waals surface area contributed by atoms with E-state index in [9.17, 15) is 49.5 Å². The topological polar surface area (TPSA) is 192 Å². The number of hydrogen-bond donors (Lipinski definition) is 2. The summed E-state index contributed by atoms with van der Waals surface area (Å²) in [5, 5.41) is 1.68. The first kappa shape index (κ1) is 46.2. The number of rotatable bonds is 8. The quantitative estimate of drug-likeness (QED) is 0.238. The van der Waals surface area contributed by atoms with Crippen LogP contribution in [0.4, 0.5) is 35.5 Å². The van der Waals surface area contributed by atoms with Crippen LogP contribution in [0.2, 0.25) is 0 Å². The molecule has 1 aromatic heterocycles. The second-order valence-electron chi connectivity index (χ2n) is 18.1. The number of ketones is 1. The number of halogens is 7. The summed E-state index contributed by atoms with van der Waals surface area (Å²) in [5.41, 5.74) is -7.00. The summed E-state index contributed by atoms with van der Waals surface area (Å²) in [7, 11) is -4.24. The largest absolute Gasteiger partial charge is 0.573 e. The number of aromatic nitrogens is 2. The molecule has 23 heteroatoms. The minimum Gasteiger partial charge on any atom is -0.468 e. The van der Waals surface area contributed by atoms with Crippen molar-refractivity contribution in [3.05, 3.63) is 36.0 Å². The van der Waals surface area contributed by atoms with Gasteiger partial charge in [0.15, 0.2) is 11.5 Å². The Morgan fingerprint density at radius 1 is 1.03 bits per heavy atom. The van der Waals surface area contributed by atoms with E-state index in [-0.39, 0.29) is 18.4 Å². The standard InChI is InChI=1S/C40H46F7N5O10S/c1-36(2,3)30-33(54)52-19-37(4,17-25(52)26(53)18-38(16-22(38)31(41)42)34(55)51-63(57,58)21-10-11-21)62-32-29(48-24-15-20(61-40(45,46)47)9-12-23(24)49-32)39(43,44)13-6-14-59-27-7-5-8-28(27)60-35(56)50-30/h6,9,12-13,15,21-22,25,27-28,30-31H,5,7-8,10-11,14,16-19H2,1-4H3,(H,50,56)(H,51,55)/b13-6+/t22-,25-,27+,28+,30+,37+,38+/m0/s1. The van der Waals surface area contributed by atoms with Crippen molar-refractivity contribution in [2.45, 2.75) is 133 Å². The molecule has 7 rings (SSSR count). The third-order valence-corrected chi connectivity index (χ3v) is 13.8. The lowest BCUT2D eigenvalue weighted by Gasteiger charge is -2.36. The van der Waals surface area contributed by atoms with Crippen LogP contribution in [-0.4, -0.2) is 108 Å². The van der Waals surface area contributed by atoms with Crippen LogP contribution in [0.5, 0.6) is 11.6 Å². The maximum Gasteiger partial charge on any atom is 0.573 e. The molecule has 3 amide bonds. The predicted molar refractivity (Wildman–Crippen MR) is 205 cm³/mol. The predicted octanol–water partition coefficient (Wildman–Crippen LogP) is 5.85. The Labute approximate surface area is 356 Å². The fourth-order valence-corrected chi connectivity index (χ4v) is 9.87. The molecule has 5 aliphatic rings. The Balaban J connectivity index is 1.31. The van der Waals surface area contributed by atoms with E-state index in [0.717, 1.165) is 29.2 Å². The van der Waals surface area contributed by atoms with Crippen molar-refractivity contribution in [2.75, 3.05) is 13.2 Å². The Bertz CT molecular complexity index is 2310. The summed E-state index contributed by atoms with van der Waals surface area (Å²) >= 11 is 0. The highest BCUT2D eigenvalue weighted by atomic mass is 32.2.